The summed E-state index contributed by atoms with van der Waals surface area (Å²) < 4.78 is 42.8. The molecule has 5 nitrogen and oxygen atoms in total. The van der Waals surface area contributed by atoms with Gasteiger partial charge in [0.1, 0.15) is 17.9 Å². The normalized spacial score (nSPS) is 12.7. The van der Waals surface area contributed by atoms with Crippen LogP contribution in [0.15, 0.2) is 91.1 Å². The van der Waals surface area contributed by atoms with E-state index in [9.17, 15) is 27.9 Å². The van der Waals surface area contributed by atoms with Crippen molar-refractivity contribution < 1.29 is 32.6 Å². The summed E-state index contributed by atoms with van der Waals surface area (Å²) in [5.41, 5.74) is -1.45. The Labute approximate surface area is 235 Å². The number of rotatable bonds is 18. The third-order valence-electron chi connectivity index (χ3n) is 5.34. The molecule has 1 aromatic rings. The Morgan fingerprint density at radius 1 is 0.825 bits per heavy atom. The van der Waals surface area contributed by atoms with Crippen molar-refractivity contribution in [2.45, 2.75) is 64.5 Å². The molecule has 0 fully saturated rings. The molecule has 1 aromatic carbocycles. The number of alkyl halides is 3. The van der Waals surface area contributed by atoms with Gasteiger partial charge in [-0.05, 0) is 63.1 Å². The Hall–Kier alpha value is -3.81. The lowest BCUT2D eigenvalue weighted by atomic mass is 10.1. The summed E-state index contributed by atoms with van der Waals surface area (Å²) >= 11 is 0. The van der Waals surface area contributed by atoms with Gasteiger partial charge in [-0.3, -0.25) is 4.79 Å². The van der Waals surface area contributed by atoms with Gasteiger partial charge in [0.05, 0.1) is 12.1 Å². The Bertz CT molecular complexity index is 1070. The smallest absolute Gasteiger partial charge is 0.416 e. The molecule has 40 heavy (non-hydrogen) atoms. The van der Waals surface area contributed by atoms with Crippen LogP contribution in [0.4, 0.5) is 13.2 Å². The summed E-state index contributed by atoms with van der Waals surface area (Å²) in [7, 11) is 0. The molecule has 0 spiro atoms. The molecule has 0 radical (unpaired) electrons. The second-order valence-corrected chi connectivity index (χ2v) is 8.67. The minimum Gasteiger partial charge on any atom is -0.507 e. The first-order valence-corrected chi connectivity index (χ1v) is 13.5. The van der Waals surface area contributed by atoms with E-state index in [1.165, 1.54) is 0 Å². The fourth-order valence-electron chi connectivity index (χ4n) is 3.23. The summed E-state index contributed by atoms with van der Waals surface area (Å²) in [5.74, 6) is -2.01. The van der Waals surface area contributed by atoms with Crippen LogP contribution >= 0.6 is 0 Å². The average Bonchev–Trinajstić information content (AvgIpc) is 2.91. The Morgan fingerprint density at radius 2 is 1.32 bits per heavy atom. The molecule has 0 saturated carbocycles. The molecule has 1 amide bonds. The molecule has 8 heteroatoms. The number of halogens is 3. The second kappa shape index (κ2) is 21.1. The van der Waals surface area contributed by atoms with Crippen molar-refractivity contribution in [3.63, 3.8) is 0 Å². The van der Waals surface area contributed by atoms with Crippen LogP contribution in [-0.2, 0) is 15.7 Å². The van der Waals surface area contributed by atoms with E-state index in [0.29, 0.717) is 18.6 Å². The summed E-state index contributed by atoms with van der Waals surface area (Å²) in [6.07, 6.45) is 27.2. The first-order chi connectivity index (χ1) is 19.3. The number of aromatic hydroxyl groups is 1. The third kappa shape index (κ3) is 16.9. The standard InChI is InChI=1S/C32H40F3NO4/c1-2-3-4-5-6-7-8-9-10-11-12-13-14-15-16-17-18-19-20-21-30(38)36-24-25-40-31(39)28-23-22-27(26-29(28)37)32(33,34)35/h3-4,6-7,9-10,12-13,15-16,18-19,22-23,26,37H,2,5,8,11,14,17,20-21,24-25H2,1H3,(H,36,38). The van der Waals surface area contributed by atoms with E-state index in [4.69, 9.17) is 4.74 Å². The fraction of sp³-hybridized carbons (Fsp3) is 0.375. The topological polar surface area (TPSA) is 75.6 Å². The monoisotopic (exact) mass is 559 g/mol. The largest absolute Gasteiger partial charge is 0.507 e. The Kier molecular flexibility index (Phi) is 18.0. The lowest BCUT2D eigenvalue weighted by Gasteiger charge is -2.10. The predicted molar refractivity (Wildman–Crippen MR) is 154 cm³/mol. The molecule has 0 atom stereocenters. The van der Waals surface area contributed by atoms with Crippen molar-refractivity contribution in [2.75, 3.05) is 13.2 Å². The van der Waals surface area contributed by atoms with Gasteiger partial charge in [0, 0.05) is 6.42 Å². The van der Waals surface area contributed by atoms with Crippen molar-refractivity contribution in [3.8, 4) is 5.75 Å². The van der Waals surface area contributed by atoms with Gasteiger partial charge in [0.15, 0.2) is 0 Å². The van der Waals surface area contributed by atoms with Gasteiger partial charge in [0.25, 0.3) is 0 Å². The van der Waals surface area contributed by atoms with E-state index >= 15 is 0 Å². The maximum atomic E-state index is 12.6. The number of allylic oxidation sites excluding steroid dienone is 12. The van der Waals surface area contributed by atoms with E-state index in [2.05, 4.69) is 73.0 Å². The molecule has 0 saturated heterocycles. The van der Waals surface area contributed by atoms with Crippen LogP contribution in [0.1, 0.15) is 74.2 Å². The highest BCUT2D eigenvalue weighted by atomic mass is 19.4. The molecule has 0 unspecified atom stereocenters. The zero-order chi connectivity index (χ0) is 29.5. The van der Waals surface area contributed by atoms with Crippen molar-refractivity contribution >= 4 is 11.9 Å². The molecular weight excluding hydrogens is 519 g/mol. The number of phenols is 1. The molecule has 0 heterocycles. The average molecular weight is 560 g/mol. The highest BCUT2D eigenvalue weighted by molar-refractivity contribution is 5.92. The van der Waals surface area contributed by atoms with Crippen molar-refractivity contribution in [1.82, 2.24) is 5.32 Å². The van der Waals surface area contributed by atoms with Crippen LogP contribution < -0.4 is 5.32 Å². The van der Waals surface area contributed by atoms with E-state index in [1.54, 1.807) is 0 Å². The van der Waals surface area contributed by atoms with Gasteiger partial charge in [0.2, 0.25) is 5.91 Å². The first kappa shape index (κ1) is 34.2. The van der Waals surface area contributed by atoms with Crippen molar-refractivity contribution in [3.05, 3.63) is 102 Å². The van der Waals surface area contributed by atoms with Gasteiger partial charge in [-0.15, -0.1) is 0 Å². The number of phenolic OH excluding ortho intramolecular Hbond substituents is 1. The van der Waals surface area contributed by atoms with E-state index < -0.39 is 23.5 Å². The number of nitrogens with one attached hydrogen (secondary N) is 1. The molecule has 0 aliphatic heterocycles. The van der Waals surface area contributed by atoms with Gasteiger partial charge in [-0.1, -0.05) is 79.8 Å². The Balaban J connectivity index is 2.08. The van der Waals surface area contributed by atoms with Gasteiger partial charge >= 0.3 is 12.1 Å². The number of amides is 1. The number of benzene rings is 1. The van der Waals surface area contributed by atoms with Crippen LogP contribution in [0.25, 0.3) is 0 Å². The highest BCUT2D eigenvalue weighted by Gasteiger charge is 2.31. The number of carbonyl (C=O) groups excluding carboxylic acids is 2. The van der Waals surface area contributed by atoms with Crippen LogP contribution in [-0.4, -0.2) is 30.1 Å². The van der Waals surface area contributed by atoms with Crippen LogP contribution in [0.2, 0.25) is 0 Å². The van der Waals surface area contributed by atoms with E-state index in [0.717, 1.165) is 44.6 Å². The van der Waals surface area contributed by atoms with Gasteiger partial charge in [-0.25, -0.2) is 4.79 Å². The van der Waals surface area contributed by atoms with Crippen LogP contribution in [0.5, 0.6) is 5.75 Å². The quantitative estimate of drug-likeness (QED) is 0.108. The molecule has 0 aliphatic carbocycles. The summed E-state index contributed by atoms with van der Waals surface area (Å²) in [6.45, 7) is 2.00. The molecule has 2 N–H and O–H groups in total. The number of ether oxygens (including phenoxy) is 1. The number of esters is 1. The maximum absolute atomic E-state index is 12.6. The summed E-state index contributed by atoms with van der Waals surface area (Å²) in [5, 5.41) is 12.3. The predicted octanol–water partition coefficient (Wildman–Crippen LogP) is 8.16. The number of carbonyl (C=O) groups is 2. The van der Waals surface area contributed by atoms with E-state index in [1.807, 2.05) is 12.2 Å². The molecule has 0 aliphatic rings. The van der Waals surface area contributed by atoms with Gasteiger partial charge in [-0.2, -0.15) is 13.2 Å². The maximum Gasteiger partial charge on any atom is 0.416 e. The summed E-state index contributed by atoms with van der Waals surface area (Å²) in [4.78, 5) is 23.8. The number of hydrogen-bond donors (Lipinski definition) is 2. The SMILES string of the molecule is CCC=CCC=CCC=CCC=CCC=CCC=CCCC(=O)NCCOC(=O)c1ccc(C(F)(F)F)cc1O. The zero-order valence-electron chi connectivity index (χ0n) is 23.0. The third-order valence-corrected chi connectivity index (χ3v) is 5.34. The second-order valence-electron chi connectivity index (χ2n) is 8.67. The van der Waals surface area contributed by atoms with Gasteiger partial charge < -0.3 is 15.2 Å². The first-order valence-electron chi connectivity index (χ1n) is 13.5. The lowest BCUT2D eigenvalue weighted by Crippen LogP contribution is -2.27. The highest BCUT2D eigenvalue weighted by Crippen LogP contribution is 2.32. The molecular formula is C32H40F3NO4. The molecule has 0 bridgehead atoms. The Morgan fingerprint density at radius 3 is 1.80 bits per heavy atom. The fourth-order valence-corrected chi connectivity index (χ4v) is 3.23. The zero-order valence-corrected chi connectivity index (χ0v) is 23.0. The minimum absolute atomic E-state index is 0.0513. The van der Waals surface area contributed by atoms with Crippen molar-refractivity contribution in [1.29, 1.82) is 0 Å². The molecule has 0 aromatic heterocycles. The minimum atomic E-state index is -4.63. The summed E-state index contributed by atoms with van der Waals surface area (Å²) in [6, 6.07) is 2.01. The van der Waals surface area contributed by atoms with Crippen LogP contribution in [0, 0.1) is 0 Å². The molecule has 218 valence electrons. The number of hydrogen-bond acceptors (Lipinski definition) is 4. The molecule has 1 rings (SSSR count). The van der Waals surface area contributed by atoms with Crippen molar-refractivity contribution in [2.24, 2.45) is 0 Å². The van der Waals surface area contributed by atoms with Crippen LogP contribution in [0.3, 0.4) is 0 Å². The van der Waals surface area contributed by atoms with E-state index in [-0.39, 0.29) is 31.0 Å². The lowest BCUT2D eigenvalue weighted by molar-refractivity contribution is -0.137.